The first-order valence-corrected chi connectivity index (χ1v) is 3.89. The van der Waals surface area contributed by atoms with E-state index in [2.05, 4.69) is 0 Å². The molecule has 1 aliphatic rings. The summed E-state index contributed by atoms with van der Waals surface area (Å²) >= 11 is 0. The fourth-order valence-electron chi connectivity index (χ4n) is 1.13. The molecule has 0 aromatic carbocycles. The molecule has 4 heteroatoms. The second-order valence-electron chi connectivity index (χ2n) is 2.67. The molecular formula is C7H14N2O2. The third-order valence-electron chi connectivity index (χ3n) is 1.85. The number of carbonyl (C=O) groups is 1. The van der Waals surface area contributed by atoms with Gasteiger partial charge in [0.05, 0.1) is 13.2 Å². The minimum absolute atomic E-state index is 0.0127. The van der Waals surface area contributed by atoms with Crippen molar-refractivity contribution in [3.8, 4) is 0 Å². The summed E-state index contributed by atoms with van der Waals surface area (Å²) in [6.07, 6.45) is 1.15. The zero-order valence-corrected chi connectivity index (χ0v) is 6.79. The first kappa shape index (κ1) is 8.49. The van der Waals surface area contributed by atoms with E-state index >= 15 is 0 Å². The average Bonchev–Trinajstić information content (AvgIpc) is 1.82. The number of amides is 1. The van der Waals surface area contributed by atoms with Crippen LogP contribution in [0.2, 0.25) is 0 Å². The molecule has 1 rings (SSSR count). The lowest BCUT2D eigenvalue weighted by atomic mass is 10.3. The van der Waals surface area contributed by atoms with Crippen molar-refractivity contribution in [2.75, 3.05) is 26.2 Å². The van der Waals surface area contributed by atoms with Crippen LogP contribution in [0, 0.1) is 0 Å². The van der Waals surface area contributed by atoms with E-state index in [0.717, 1.165) is 19.5 Å². The van der Waals surface area contributed by atoms with Crippen LogP contribution in [0.1, 0.15) is 13.3 Å². The number of rotatable bonds is 3. The minimum atomic E-state index is 0.0127. The predicted molar refractivity (Wildman–Crippen MR) is 40.7 cm³/mol. The van der Waals surface area contributed by atoms with Crippen molar-refractivity contribution in [2.45, 2.75) is 13.3 Å². The molecule has 1 fully saturated rings. The number of carbonyl (C=O) groups excluding carboxylic acids is 1. The Morgan fingerprint density at radius 1 is 1.64 bits per heavy atom. The van der Waals surface area contributed by atoms with Gasteiger partial charge in [-0.1, -0.05) is 0 Å². The lowest BCUT2D eigenvalue weighted by molar-refractivity contribution is -0.155. The smallest absolute Gasteiger partial charge is 0.233 e. The Labute approximate surface area is 66.4 Å². The van der Waals surface area contributed by atoms with Crippen LogP contribution in [0.25, 0.3) is 0 Å². The van der Waals surface area contributed by atoms with E-state index in [-0.39, 0.29) is 12.5 Å². The van der Waals surface area contributed by atoms with Gasteiger partial charge in [0.25, 0.3) is 0 Å². The van der Waals surface area contributed by atoms with Gasteiger partial charge < -0.3 is 5.11 Å². The fourth-order valence-corrected chi connectivity index (χ4v) is 1.13. The second kappa shape index (κ2) is 3.69. The van der Waals surface area contributed by atoms with E-state index < -0.39 is 0 Å². The third-order valence-corrected chi connectivity index (χ3v) is 1.85. The summed E-state index contributed by atoms with van der Waals surface area (Å²) in [5.74, 6) is 0.0127. The Kier molecular flexibility index (Phi) is 2.84. The maximum Gasteiger partial charge on any atom is 0.233 e. The highest BCUT2D eigenvalue weighted by Gasteiger charge is 2.22. The number of hydrogen-bond donors (Lipinski definition) is 1. The first-order chi connectivity index (χ1) is 5.25. The largest absolute Gasteiger partial charge is 0.394 e. The standard InChI is InChI=1S/C7H14N2O2/c1-7(11)9(5-6-10)8-3-2-4-8/h10H,2-6H2,1H3. The van der Waals surface area contributed by atoms with Crippen molar-refractivity contribution in [1.82, 2.24) is 10.0 Å². The predicted octanol–water partition coefficient (Wildman–Crippen LogP) is -0.552. The summed E-state index contributed by atoms with van der Waals surface area (Å²) in [6.45, 7) is 3.87. The Morgan fingerprint density at radius 3 is 2.55 bits per heavy atom. The summed E-state index contributed by atoms with van der Waals surface area (Å²) in [7, 11) is 0. The van der Waals surface area contributed by atoms with Gasteiger partial charge in [0, 0.05) is 20.0 Å². The van der Waals surface area contributed by atoms with Crippen molar-refractivity contribution in [2.24, 2.45) is 0 Å². The molecule has 0 aliphatic carbocycles. The van der Waals surface area contributed by atoms with Crippen LogP contribution in [-0.4, -0.2) is 47.3 Å². The van der Waals surface area contributed by atoms with Gasteiger partial charge in [-0.25, -0.2) is 5.01 Å². The van der Waals surface area contributed by atoms with Crippen molar-refractivity contribution in [3.63, 3.8) is 0 Å². The van der Waals surface area contributed by atoms with E-state index in [1.807, 2.05) is 5.01 Å². The third kappa shape index (κ3) is 1.91. The zero-order chi connectivity index (χ0) is 8.27. The highest BCUT2D eigenvalue weighted by molar-refractivity contribution is 5.72. The molecule has 0 saturated carbocycles. The number of nitrogens with zero attached hydrogens (tertiary/aromatic N) is 2. The molecule has 0 spiro atoms. The highest BCUT2D eigenvalue weighted by atomic mass is 16.3. The molecule has 0 bridgehead atoms. The summed E-state index contributed by atoms with van der Waals surface area (Å²) in [6, 6.07) is 0. The molecule has 0 unspecified atom stereocenters. The molecule has 4 nitrogen and oxygen atoms in total. The van der Waals surface area contributed by atoms with E-state index in [4.69, 9.17) is 5.11 Å². The number of hydrazine groups is 1. The van der Waals surface area contributed by atoms with Crippen molar-refractivity contribution >= 4 is 5.91 Å². The molecule has 0 aromatic rings. The van der Waals surface area contributed by atoms with Gasteiger partial charge in [-0.2, -0.15) is 0 Å². The van der Waals surface area contributed by atoms with Crippen molar-refractivity contribution in [1.29, 1.82) is 0 Å². The quantitative estimate of drug-likeness (QED) is 0.599. The molecular weight excluding hydrogens is 144 g/mol. The van der Waals surface area contributed by atoms with Gasteiger partial charge in [-0.15, -0.1) is 0 Å². The minimum Gasteiger partial charge on any atom is -0.394 e. The molecule has 0 radical (unpaired) electrons. The lowest BCUT2D eigenvalue weighted by Gasteiger charge is -2.39. The maximum atomic E-state index is 10.9. The van der Waals surface area contributed by atoms with Crippen LogP contribution in [0.3, 0.4) is 0 Å². The van der Waals surface area contributed by atoms with Crippen molar-refractivity contribution in [3.05, 3.63) is 0 Å². The van der Waals surface area contributed by atoms with Crippen LogP contribution in [0.5, 0.6) is 0 Å². The summed E-state index contributed by atoms with van der Waals surface area (Å²) < 4.78 is 0. The van der Waals surface area contributed by atoms with Gasteiger partial charge in [0.1, 0.15) is 0 Å². The average molecular weight is 158 g/mol. The number of aliphatic hydroxyl groups is 1. The monoisotopic (exact) mass is 158 g/mol. The molecule has 1 saturated heterocycles. The van der Waals surface area contributed by atoms with Gasteiger partial charge in [0.15, 0.2) is 0 Å². The van der Waals surface area contributed by atoms with E-state index in [1.54, 1.807) is 5.01 Å². The summed E-state index contributed by atoms with van der Waals surface area (Å²) in [5.41, 5.74) is 0. The Morgan fingerprint density at radius 2 is 2.27 bits per heavy atom. The highest BCUT2D eigenvalue weighted by Crippen LogP contribution is 2.09. The Hall–Kier alpha value is -0.610. The van der Waals surface area contributed by atoms with E-state index in [0.29, 0.717) is 6.54 Å². The molecule has 1 heterocycles. The molecule has 11 heavy (non-hydrogen) atoms. The van der Waals surface area contributed by atoms with E-state index in [1.165, 1.54) is 6.92 Å². The molecule has 64 valence electrons. The number of hydrogen-bond acceptors (Lipinski definition) is 3. The fraction of sp³-hybridized carbons (Fsp3) is 0.857. The second-order valence-corrected chi connectivity index (χ2v) is 2.67. The lowest BCUT2D eigenvalue weighted by Crippen LogP contribution is -2.53. The Bertz CT molecular complexity index is 145. The van der Waals surface area contributed by atoms with Crippen molar-refractivity contribution < 1.29 is 9.90 Å². The molecule has 1 N–H and O–H groups in total. The molecule has 1 aliphatic heterocycles. The van der Waals surface area contributed by atoms with Gasteiger partial charge in [-0.3, -0.25) is 9.80 Å². The first-order valence-electron chi connectivity index (χ1n) is 3.89. The molecule has 1 amide bonds. The zero-order valence-electron chi connectivity index (χ0n) is 6.79. The normalized spacial score (nSPS) is 17.6. The SMILES string of the molecule is CC(=O)N(CCO)N1CCC1. The number of aliphatic hydroxyl groups excluding tert-OH is 1. The summed E-state index contributed by atoms with van der Waals surface area (Å²) in [5, 5.41) is 12.2. The molecule has 0 atom stereocenters. The maximum absolute atomic E-state index is 10.9. The van der Waals surface area contributed by atoms with Crippen LogP contribution in [0.4, 0.5) is 0 Å². The summed E-state index contributed by atoms with van der Waals surface area (Å²) in [4.78, 5) is 10.9. The topological polar surface area (TPSA) is 43.8 Å². The van der Waals surface area contributed by atoms with Crippen LogP contribution >= 0.6 is 0 Å². The van der Waals surface area contributed by atoms with Crippen LogP contribution in [0.15, 0.2) is 0 Å². The van der Waals surface area contributed by atoms with Gasteiger partial charge in [-0.05, 0) is 6.42 Å². The van der Waals surface area contributed by atoms with Gasteiger partial charge in [0.2, 0.25) is 5.91 Å². The van der Waals surface area contributed by atoms with E-state index in [9.17, 15) is 4.79 Å². The van der Waals surface area contributed by atoms with Crippen LogP contribution < -0.4 is 0 Å². The molecule has 0 aromatic heterocycles. The van der Waals surface area contributed by atoms with Crippen LogP contribution in [-0.2, 0) is 4.79 Å². The van der Waals surface area contributed by atoms with Gasteiger partial charge >= 0.3 is 0 Å². The Balaban J connectivity index is 2.37.